The van der Waals surface area contributed by atoms with Crippen LogP contribution in [0.15, 0.2) is 6.07 Å². The molecule has 0 aliphatic carbocycles. The Balaban J connectivity index is 0.000000370. The van der Waals surface area contributed by atoms with Crippen molar-refractivity contribution < 1.29 is 21.9 Å². The molecule has 2 aromatic carbocycles. The molecule has 0 radical (unpaired) electrons. The molecule has 2 aromatic rings. The molecule has 21 heavy (non-hydrogen) atoms. The molecule has 0 aliphatic rings. The maximum atomic E-state index is 10.6. The number of hydrogen-bond donors (Lipinski definition) is 0. The first-order valence-electron chi connectivity index (χ1n) is 7.10. The van der Waals surface area contributed by atoms with Gasteiger partial charge in [-0.1, -0.05) is 34.0 Å². The van der Waals surface area contributed by atoms with Gasteiger partial charge in [-0.3, -0.25) is 0 Å². The van der Waals surface area contributed by atoms with E-state index in [9.17, 15) is 4.79 Å². The Morgan fingerprint density at radius 3 is 1.43 bits per heavy atom. The van der Waals surface area contributed by atoms with Gasteiger partial charge >= 0.3 is 0 Å². The Bertz CT molecular complexity index is 579. The van der Waals surface area contributed by atoms with Crippen LogP contribution in [0.5, 0.6) is 0 Å². The summed E-state index contributed by atoms with van der Waals surface area (Å²) in [5.74, 6) is 0. The van der Waals surface area contributed by atoms with Crippen molar-refractivity contribution in [1.82, 2.24) is 0 Å². The van der Waals surface area contributed by atoms with Gasteiger partial charge in [0.25, 0.3) is 0 Å². The quantitative estimate of drug-likeness (QED) is 0.405. The van der Waals surface area contributed by atoms with E-state index in [-0.39, 0.29) is 17.1 Å². The molecular formula is C19H26FeO-6. The van der Waals surface area contributed by atoms with Gasteiger partial charge in [-0.05, 0) is 0 Å². The van der Waals surface area contributed by atoms with Crippen molar-refractivity contribution in [3.05, 3.63) is 56.1 Å². The molecule has 0 saturated heterocycles. The molecule has 122 valence electrons. The van der Waals surface area contributed by atoms with Crippen molar-refractivity contribution >= 4 is 6.29 Å². The Morgan fingerprint density at radius 2 is 1.29 bits per heavy atom. The number of carbonyl (C=O) groups is 1. The molecule has 2 rings (SSSR count). The number of aldehydes is 1. The molecule has 0 heterocycles. The van der Waals surface area contributed by atoms with Crippen LogP contribution in [-0.4, -0.2) is 6.29 Å². The second-order valence-corrected chi connectivity index (χ2v) is 5.79. The predicted octanol–water partition coefficient (Wildman–Crippen LogP) is 5.09. The van der Waals surface area contributed by atoms with E-state index in [0.29, 0.717) is 0 Å². The molecule has 0 unspecified atom stereocenters. The molecule has 0 spiro atoms. The van der Waals surface area contributed by atoms with Gasteiger partial charge in [0.1, 0.15) is 0 Å². The van der Waals surface area contributed by atoms with Crippen molar-refractivity contribution in [1.29, 1.82) is 0 Å². The fraction of sp³-hybridized carbons (Fsp3) is 0.421. The van der Waals surface area contributed by atoms with Gasteiger partial charge in [0.2, 0.25) is 0 Å². The SMILES string of the molecule is C[c-]1[c-](C)[c-](C)[c-](C=O)[c-]1C.Cc1c[c-](C)c(C)c1C.[Fe]. The topological polar surface area (TPSA) is 17.1 Å². The van der Waals surface area contributed by atoms with Crippen molar-refractivity contribution in [2.24, 2.45) is 0 Å². The van der Waals surface area contributed by atoms with Crippen LogP contribution in [0.3, 0.4) is 0 Å². The third-order valence-electron chi connectivity index (χ3n) is 4.79. The minimum atomic E-state index is 0. The number of aryl methyl sites for hydroxylation is 2. The average Bonchev–Trinajstić information content (AvgIpc) is 2.74. The van der Waals surface area contributed by atoms with Crippen molar-refractivity contribution in [2.75, 3.05) is 0 Å². The molecule has 0 aromatic heterocycles. The van der Waals surface area contributed by atoms with Crippen LogP contribution >= 0.6 is 0 Å². The first kappa shape index (κ1) is 19.9. The smallest absolute Gasteiger partial charge is 0 e. The average molecular weight is 326 g/mol. The third-order valence-corrected chi connectivity index (χ3v) is 4.79. The van der Waals surface area contributed by atoms with E-state index in [1.165, 1.54) is 33.4 Å². The predicted molar refractivity (Wildman–Crippen MR) is 87.4 cm³/mol. The summed E-state index contributed by atoms with van der Waals surface area (Å²) in [7, 11) is 0. The standard InChI is InChI=1S/C10H13O.C9H13.Fe/c1-6-7(2)9(4)10(5-11)8(6)3;1-6-5-7(2)9(4)8(6)3;/h5H,1-4H3;5H,1-4H3;/q-5;-1;. The van der Waals surface area contributed by atoms with Crippen molar-refractivity contribution in [2.45, 2.75) is 55.4 Å². The van der Waals surface area contributed by atoms with Crippen LogP contribution in [0, 0.1) is 55.4 Å². The van der Waals surface area contributed by atoms with Gasteiger partial charge in [-0.2, -0.15) is 28.3 Å². The summed E-state index contributed by atoms with van der Waals surface area (Å²) in [5.41, 5.74) is 11.4. The van der Waals surface area contributed by atoms with E-state index in [2.05, 4.69) is 47.6 Å². The van der Waals surface area contributed by atoms with Gasteiger partial charge < -0.3 is 32.6 Å². The van der Waals surface area contributed by atoms with E-state index >= 15 is 0 Å². The first-order chi connectivity index (χ1) is 9.22. The third kappa shape index (κ3) is 3.96. The van der Waals surface area contributed by atoms with Gasteiger partial charge in [0, 0.05) is 17.1 Å². The van der Waals surface area contributed by atoms with Crippen LogP contribution in [0.1, 0.15) is 54.9 Å². The number of rotatable bonds is 1. The number of carbonyl (C=O) groups excluding carboxylic acids is 1. The summed E-state index contributed by atoms with van der Waals surface area (Å²) < 4.78 is 0. The molecule has 0 saturated carbocycles. The van der Waals surface area contributed by atoms with Crippen LogP contribution in [0.4, 0.5) is 0 Å². The Kier molecular flexibility index (Phi) is 7.36. The summed E-state index contributed by atoms with van der Waals surface area (Å²) in [6.07, 6.45) is 0.949. The largest absolute Gasteiger partial charge is 0.731 e. The van der Waals surface area contributed by atoms with Gasteiger partial charge in [0.05, 0.1) is 0 Å². The summed E-state index contributed by atoms with van der Waals surface area (Å²) in [5, 5.41) is 0. The first-order valence-corrected chi connectivity index (χ1v) is 7.10. The molecule has 2 heteroatoms. The van der Waals surface area contributed by atoms with E-state index in [1.807, 2.05) is 13.8 Å². The minimum absolute atomic E-state index is 0. The molecule has 0 aliphatic heterocycles. The van der Waals surface area contributed by atoms with Crippen molar-refractivity contribution in [3.8, 4) is 0 Å². The second-order valence-electron chi connectivity index (χ2n) is 5.79. The van der Waals surface area contributed by atoms with E-state index in [1.54, 1.807) is 0 Å². The van der Waals surface area contributed by atoms with Gasteiger partial charge in [-0.25, -0.2) is 27.7 Å². The van der Waals surface area contributed by atoms with Crippen molar-refractivity contribution in [3.63, 3.8) is 0 Å². The zero-order valence-corrected chi connectivity index (χ0v) is 15.5. The van der Waals surface area contributed by atoms with Crippen LogP contribution in [-0.2, 0) is 17.1 Å². The van der Waals surface area contributed by atoms with Gasteiger partial charge in [-0.15, -0.1) is 0 Å². The summed E-state index contributed by atoms with van der Waals surface area (Å²) >= 11 is 0. The molecule has 0 N–H and O–H groups in total. The fourth-order valence-electron chi connectivity index (χ4n) is 2.56. The molecule has 0 amide bonds. The molecule has 0 atom stereocenters. The van der Waals surface area contributed by atoms with Gasteiger partial charge in [0.15, 0.2) is 0 Å². The summed E-state index contributed by atoms with van der Waals surface area (Å²) in [6.45, 7) is 16.8. The zero-order valence-electron chi connectivity index (χ0n) is 14.4. The maximum absolute atomic E-state index is 10.6. The fourth-order valence-corrected chi connectivity index (χ4v) is 2.56. The van der Waals surface area contributed by atoms with E-state index in [4.69, 9.17) is 0 Å². The van der Waals surface area contributed by atoms with E-state index < -0.39 is 0 Å². The zero-order chi connectivity index (χ0) is 15.6. The molecule has 0 fully saturated rings. The maximum Gasteiger partial charge on any atom is 0 e. The summed E-state index contributed by atoms with van der Waals surface area (Å²) in [4.78, 5) is 10.6. The minimum Gasteiger partial charge on any atom is -0.731 e. The normalized spacial score (nSPS) is 9.71. The van der Waals surface area contributed by atoms with Crippen LogP contribution in [0.25, 0.3) is 0 Å². The molecular weight excluding hydrogens is 300 g/mol. The van der Waals surface area contributed by atoms with Crippen LogP contribution < -0.4 is 0 Å². The van der Waals surface area contributed by atoms with Crippen LogP contribution in [0.2, 0.25) is 0 Å². The Hall–Kier alpha value is -1.11. The molecule has 1 nitrogen and oxygen atoms in total. The Morgan fingerprint density at radius 1 is 0.857 bits per heavy atom. The van der Waals surface area contributed by atoms with E-state index in [0.717, 1.165) is 23.0 Å². The second kappa shape index (κ2) is 7.77. The molecule has 0 bridgehead atoms. The Labute approximate surface area is 140 Å². The monoisotopic (exact) mass is 326 g/mol. The summed E-state index contributed by atoms with van der Waals surface area (Å²) in [6, 6.07) is 2.24. The number of hydrogen-bond acceptors (Lipinski definition) is 1.